The predicted molar refractivity (Wildman–Crippen MR) is 180 cm³/mol. The lowest BCUT2D eigenvalue weighted by molar-refractivity contribution is -0.137. The zero-order chi connectivity index (χ0) is 37.7. The number of halogens is 5. The molecule has 0 saturated carbocycles. The summed E-state index contributed by atoms with van der Waals surface area (Å²) in [5.41, 5.74) is 1.67. The molecule has 274 valence electrons. The summed E-state index contributed by atoms with van der Waals surface area (Å²) in [5.74, 6) is -1.18. The summed E-state index contributed by atoms with van der Waals surface area (Å²) in [6, 6.07) is 8.14. The molecule has 2 saturated heterocycles. The zero-order valence-electron chi connectivity index (χ0n) is 29.2. The highest BCUT2D eigenvalue weighted by molar-refractivity contribution is 5.91. The van der Waals surface area contributed by atoms with E-state index in [1.807, 2.05) is 6.92 Å². The van der Waals surface area contributed by atoms with Crippen LogP contribution in [0.3, 0.4) is 0 Å². The molecule has 4 heterocycles. The first-order valence-corrected chi connectivity index (χ1v) is 16.4. The molecular formula is C37H36F5N5O5. The van der Waals surface area contributed by atoms with Crippen molar-refractivity contribution in [3.05, 3.63) is 88.6 Å². The summed E-state index contributed by atoms with van der Waals surface area (Å²) >= 11 is 0. The molecule has 0 aliphatic carbocycles. The lowest BCUT2D eigenvalue weighted by atomic mass is 9.96. The summed E-state index contributed by atoms with van der Waals surface area (Å²) in [6.07, 6.45) is -4.83. The Hall–Kier alpha value is -5.34. The molecule has 0 unspecified atom stereocenters. The summed E-state index contributed by atoms with van der Waals surface area (Å²) in [7, 11) is 1.43. The van der Waals surface area contributed by atoms with E-state index < -0.39 is 53.5 Å². The van der Waals surface area contributed by atoms with Crippen molar-refractivity contribution < 1.29 is 45.8 Å². The van der Waals surface area contributed by atoms with E-state index in [0.29, 0.717) is 34.0 Å². The van der Waals surface area contributed by atoms with Crippen molar-refractivity contribution in [3.8, 4) is 28.1 Å². The molecule has 0 radical (unpaired) electrons. The van der Waals surface area contributed by atoms with Crippen LogP contribution in [0.25, 0.3) is 22.3 Å². The van der Waals surface area contributed by atoms with Crippen LogP contribution in [0.5, 0.6) is 5.88 Å². The topological polar surface area (TPSA) is 107 Å². The monoisotopic (exact) mass is 725 g/mol. The first kappa shape index (κ1) is 36.5. The van der Waals surface area contributed by atoms with Crippen molar-refractivity contribution in [2.75, 3.05) is 25.1 Å². The fourth-order valence-corrected chi connectivity index (χ4v) is 6.16. The Balaban J connectivity index is 1.38. The molecule has 52 heavy (non-hydrogen) atoms. The first-order chi connectivity index (χ1) is 24.4. The molecule has 15 heteroatoms. The number of cyclic esters (lactones) is 1. The van der Waals surface area contributed by atoms with Crippen molar-refractivity contribution in [1.29, 1.82) is 0 Å². The number of alkyl halides is 4. The maximum absolute atomic E-state index is 14.3. The molecule has 2 aliphatic heterocycles. The van der Waals surface area contributed by atoms with Crippen LogP contribution in [0.15, 0.2) is 54.9 Å². The van der Waals surface area contributed by atoms with Crippen LogP contribution >= 0.6 is 0 Å². The second-order valence-electron chi connectivity index (χ2n) is 13.8. The molecule has 10 nitrogen and oxygen atoms in total. The Morgan fingerprint density at radius 1 is 1.00 bits per heavy atom. The van der Waals surface area contributed by atoms with Gasteiger partial charge >= 0.3 is 18.2 Å². The summed E-state index contributed by atoms with van der Waals surface area (Å²) in [5, 5.41) is 0. The van der Waals surface area contributed by atoms with Gasteiger partial charge in [0.25, 0.3) is 0 Å². The van der Waals surface area contributed by atoms with Gasteiger partial charge in [0.1, 0.15) is 23.7 Å². The van der Waals surface area contributed by atoms with Gasteiger partial charge in [0.2, 0.25) is 11.8 Å². The van der Waals surface area contributed by atoms with Gasteiger partial charge in [0.05, 0.1) is 49.6 Å². The first-order valence-electron chi connectivity index (χ1n) is 16.4. The standard InChI is InChI=1S/C37H36F5N5O5/c1-19-9-21(33(48)52-36(3,4)5)7-8-27(19)23-12-28(32(50-6)43-14-23)29-15-44-34(46-16-26(39)17-46)45-30(29)18-47-20(2)31(51-35(47)49)22-10-24(37(40,41)42)13-25(38)11-22/h7-15,20,26,31H,16-18H2,1-6H3/t20-,31-/m0/s1. The molecule has 6 rings (SSSR count). The minimum Gasteiger partial charge on any atom is -0.481 e. The third kappa shape index (κ3) is 7.48. The Morgan fingerprint density at radius 2 is 1.73 bits per heavy atom. The average Bonchev–Trinajstić information content (AvgIpc) is 3.33. The van der Waals surface area contributed by atoms with E-state index in [9.17, 15) is 31.5 Å². The highest BCUT2D eigenvalue weighted by Gasteiger charge is 2.42. The van der Waals surface area contributed by atoms with Gasteiger partial charge in [-0.2, -0.15) is 13.2 Å². The van der Waals surface area contributed by atoms with Crippen LogP contribution in [0.1, 0.15) is 66.5 Å². The van der Waals surface area contributed by atoms with E-state index in [1.165, 1.54) is 18.2 Å². The Kier molecular flexibility index (Phi) is 9.57. The van der Waals surface area contributed by atoms with Crippen LogP contribution in [0.4, 0.5) is 32.7 Å². The minimum atomic E-state index is -4.82. The molecule has 2 atom stereocenters. The second kappa shape index (κ2) is 13.7. The van der Waals surface area contributed by atoms with Crippen LogP contribution in [0, 0.1) is 12.7 Å². The van der Waals surface area contributed by atoms with E-state index in [0.717, 1.165) is 23.3 Å². The fourth-order valence-electron chi connectivity index (χ4n) is 6.16. The molecule has 2 aromatic heterocycles. The van der Waals surface area contributed by atoms with E-state index in [1.54, 1.807) is 63.1 Å². The zero-order valence-corrected chi connectivity index (χ0v) is 29.2. The lowest BCUT2D eigenvalue weighted by Gasteiger charge is -2.34. The van der Waals surface area contributed by atoms with Crippen molar-refractivity contribution >= 4 is 18.0 Å². The van der Waals surface area contributed by atoms with Gasteiger partial charge in [-0.25, -0.2) is 33.3 Å². The third-order valence-electron chi connectivity index (χ3n) is 8.77. The summed E-state index contributed by atoms with van der Waals surface area (Å²) < 4.78 is 85.3. The Labute approximate surface area is 296 Å². The number of nitrogens with zero attached hydrogens (tertiary/aromatic N) is 5. The second-order valence-corrected chi connectivity index (χ2v) is 13.8. The number of hydrogen-bond donors (Lipinski definition) is 0. The Bertz CT molecular complexity index is 2030. The molecule has 1 amide bonds. The Morgan fingerprint density at radius 3 is 2.37 bits per heavy atom. The smallest absolute Gasteiger partial charge is 0.416 e. The number of rotatable bonds is 8. The quantitative estimate of drug-likeness (QED) is 0.133. The molecule has 4 aromatic rings. The molecule has 2 aliphatic rings. The number of benzene rings is 2. The minimum absolute atomic E-state index is 0.0725. The van der Waals surface area contributed by atoms with Crippen molar-refractivity contribution in [2.24, 2.45) is 0 Å². The largest absolute Gasteiger partial charge is 0.481 e. The van der Waals surface area contributed by atoms with Gasteiger partial charge in [-0.1, -0.05) is 6.07 Å². The van der Waals surface area contributed by atoms with Gasteiger partial charge in [-0.15, -0.1) is 0 Å². The van der Waals surface area contributed by atoms with Gasteiger partial charge < -0.3 is 19.1 Å². The molecule has 2 fully saturated rings. The van der Waals surface area contributed by atoms with E-state index in [2.05, 4.69) is 9.97 Å². The number of amides is 1. The number of methoxy groups -OCH3 is 1. The van der Waals surface area contributed by atoms with Crippen LogP contribution in [-0.2, 0) is 22.2 Å². The summed E-state index contributed by atoms with van der Waals surface area (Å²) in [6.45, 7) is 8.71. The number of carbonyl (C=O) groups is 2. The third-order valence-corrected chi connectivity index (χ3v) is 8.77. The lowest BCUT2D eigenvalue weighted by Crippen LogP contribution is -2.49. The number of esters is 1. The maximum atomic E-state index is 14.3. The van der Waals surface area contributed by atoms with E-state index in [4.69, 9.17) is 19.2 Å². The fraction of sp³-hybridized carbons (Fsp3) is 0.378. The predicted octanol–water partition coefficient (Wildman–Crippen LogP) is 7.88. The number of anilines is 1. The van der Waals surface area contributed by atoms with Crippen LogP contribution in [-0.4, -0.2) is 69.9 Å². The molecule has 0 bridgehead atoms. The van der Waals surface area contributed by atoms with E-state index in [-0.39, 0.29) is 37.0 Å². The normalized spacial score (nSPS) is 17.9. The summed E-state index contributed by atoms with van der Waals surface area (Å²) in [4.78, 5) is 42.6. The molecule has 0 N–H and O–H groups in total. The van der Waals surface area contributed by atoms with Gasteiger partial charge in [-0.3, -0.25) is 4.90 Å². The van der Waals surface area contributed by atoms with Crippen molar-refractivity contribution in [2.45, 2.75) is 71.3 Å². The number of carbonyl (C=O) groups excluding carboxylic acids is 2. The number of pyridine rings is 1. The maximum Gasteiger partial charge on any atom is 0.416 e. The molecule has 2 aromatic carbocycles. The van der Waals surface area contributed by atoms with Gasteiger partial charge in [-0.05, 0) is 87.7 Å². The highest BCUT2D eigenvalue weighted by Crippen LogP contribution is 2.40. The molecule has 0 spiro atoms. The highest BCUT2D eigenvalue weighted by atomic mass is 19.4. The van der Waals surface area contributed by atoms with Crippen molar-refractivity contribution in [1.82, 2.24) is 19.9 Å². The molecular weight excluding hydrogens is 689 g/mol. The van der Waals surface area contributed by atoms with Crippen LogP contribution in [0.2, 0.25) is 0 Å². The number of aryl methyl sites for hydroxylation is 1. The SMILES string of the molecule is COc1ncc(-c2ccc(C(=O)OC(C)(C)C)cc2C)cc1-c1cnc(N2CC(F)C2)nc1CN1C(=O)O[C@H](c2cc(F)cc(C(F)(F)F)c2)[C@@H]1C. The van der Waals surface area contributed by atoms with Crippen molar-refractivity contribution in [3.63, 3.8) is 0 Å². The van der Waals surface area contributed by atoms with E-state index >= 15 is 0 Å². The number of hydrogen-bond acceptors (Lipinski definition) is 9. The number of aromatic nitrogens is 3. The van der Waals surface area contributed by atoms with Gasteiger partial charge in [0.15, 0.2) is 0 Å². The van der Waals surface area contributed by atoms with Crippen LogP contribution < -0.4 is 9.64 Å². The number of ether oxygens (including phenoxy) is 3. The average molecular weight is 726 g/mol. The van der Waals surface area contributed by atoms with Gasteiger partial charge in [0, 0.05) is 29.1 Å².